The van der Waals surface area contributed by atoms with Gasteiger partial charge in [0.25, 0.3) is 10.0 Å². The van der Waals surface area contributed by atoms with E-state index in [1.54, 1.807) is 25.1 Å². The van der Waals surface area contributed by atoms with Crippen molar-refractivity contribution in [3.8, 4) is 0 Å². The van der Waals surface area contributed by atoms with Crippen molar-refractivity contribution in [3.63, 3.8) is 0 Å². The fourth-order valence-corrected chi connectivity index (χ4v) is 5.52. The average Bonchev–Trinajstić information content (AvgIpc) is 2.90. The molecule has 1 N–H and O–H groups in total. The highest BCUT2D eigenvalue weighted by Gasteiger charge is 2.32. The van der Waals surface area contributed by atoms with Gasteiger partial charge in [-0.25, -0.2) is 8.42 Å². The number of nitrogens with one attached hydrogen (secondary N) is 1. The molecule has 39 heavy (non-hydrogen) atoms. The molecule has 0 fully saturated rings. The molecule has 2 unspecified atom stereocenters. The minimum absolute atomic E-state index is 0.00820. The van der Waals surface area contributed by atoms with Gasteiger partial charge in [0.15, 0.2) is 0 Å². The zero-order valence-corrected chi connectivity index (χ0v) is 24.6. The van der Waals surface area contributed by atoms with Crippen molar-refractivity contribution < 1.29 is 18.0 Å². The van der Waals surface area contributed by atoms with Gasteiger partial charge in [-0.2, -0.15) is 0 Å². The van der Waals surface area contributed by atoms with Gasteiger partial charge in [-0.1, -0.05) is 60.5 Å². The van der Waals surface area contributed by atoms with Crippen molar-refractivity contribution in [1.82, 2.24) is 10.2 Å². The van der Waals surface area contributed by atoms with Crippen molar-refractivity contribution >= 4 is 39.1 Å². The van der Waals surface area contributed by atoms with Gasteiger partial charge >= 0.3 is 0 Å². The van der Waals surface area contributed by atoms with Crippen molar-refractivity contribution in [1.29, 1.82) is 0 Å². The molecule has 0 aromatic heterocycles. The third-order valence-electron chi connectivity index (χ3n) is 6.61. The number of carbonyl (C=O) groups is 2. The number of benzene rings is 3. The molecule has 0 aliphatic heterocycles. The minimum atomic E-state index is -4.14. The molecular formula is C30H36ClN3O4S. The molecule has 7 nitrogen and oxygen atoms in total. The van der Waals surface area contributed by atoms with Gasteiger partial charge in [0.1, 0.15) is 12.6 Å². The van der Waals surface area contributed by atoms with E-state index in [1.165, 1.54) is 29.2 Å². The maximum Gasteiger partial charge on any atom is 0.264 e. The van der Waals surface area contributed by atoms with Crippen LogP contribution in [0.15, 0.2) is 77.7 Å². The predicted octanol–water partition coefficient (Wildman–Crippen LogP) is 5.48. The van der Waals surface area contributed by atoms with E-state index in [1.807, 2.05) is 58.0 Å². The second-order valence-corrected chi connectivity index (χ2v) is 12.1. The van der Waals surface area contributed by atoms with Crippen LogP contribution in [0, 0.1) is 13.8 Å². The van der Waals surface area contributed by atoms with Crippen molar-refractivity contribution in [2.75, 3.05) is 10.8 Å². The first kappa shape index (κ1) is 30.2. The fourth-order valence-electron chi connectivity index (χ4n) is 3.98. The van der Waals surface area contributed by atoms with Gasteiger partial charge in [0.2, 0.25) is 11.8 Å². The minimum Gasteiger partial charge on any atom is -0.352 e. The fraction of sp³-hybridized carbons (Fsp3) is 0.333. The number of amides is 2. The lowest BCUT2D eigenvalue weighted by Crippen LogP contribution is -2.52. The number of aryl methyl sites for hydroxylation is 2. The van der Waals surface area contributed by atoms with Crippen LogP contribution >= 0.6 is 11.6 Å². The largest absolute Gasteiger partial charge is 0.352 e. The molecule has 0 aliphatic carbocycles. The number of sulfonamides is 1. The highest BCUT2D eigenvalue weighted by molar-refractivity contribution is 7.92. The van der Waals surface area contributed by atoms with Crippen LogP contribution in [-0.4, -0.2) is 43.8 Å². The molecule has 9 heteroatoms. The zero-order valence-electron chi connectivity index (χ0n) is 23.0. The Bertz CT molecular complexity index is 1390. The van der Waals surface area contributed by atoms with Gasteiger partial charge < -0.3 is 10.2 Å². The topological polar surface area (TPSA) is 86.8 Å². The van der Waals surface area contributed by atoms with Crippen LogP contribution in [0.4, 0.5) is 5.69 Å². The lowest BCUT2D eigenvalue weighted by molar-refractivity contribution is -0.139. The van der Waals surface area contributed by atoms with Crippen LogP contribution in [0.1, 0.15) is 43.9 Å². The lowest BCUT2D eigenvalue weighted by Gasteiger charge is -2.32. The summed E-state index contributed by atoms with van der Waals surface area (Å²) in [6.45, 7) is 9.01. The van der Waals surface area contributed by atoms with E-state index in [9.17, 15) is 18.0 Å². The summed E-state index contributed by atoms with van der Waals surface area (Å²) in [6, 6.07) is 19.6. The summed E-state index contributed by atoms with van der Waals surface area (Å²) in [5.74, 6) is -0.797. The van der Waals surface area contributed by atoms with Gasteiger partial charge in [0, 0.05) is 17.6 Å². The summed E-state index contributed by atoms with van der Waals surface area (Å²) in [7, 11) is -4.14. The summed E-state index contributed by atoms with van der Waals surface area (Å²) in [5, 5.41) is 3.34. The smallest absolute Gasteiger partial charge is 0.264 e. The quantitative estimate of drug-likeness (QED) is 0.331. The van der Waals surface area contributed by atoms with E-state index < -0.39 is 28.5 Å². The van der Waals surface area contributed by atoms with E-state index in [-0.39, 0.29) is 23.4 Å². The van der Waals surface area contributed by atoms with E-state index in [0.717, 1.165) is 27.4 Å². The number of anilines is 1. The van der Waals surface area contributed by atoms with Crippen LogP contribution in [0.25, 0.3) is 0 Å². The van der Waals surface area contributed by atoms with E-state index in [4.69, 9.17) is 11.6 Å². The van der Waals surface area contributed by atoms with Gasteiger partial charge in [-0.3, -0.25) is 13.9 Å². The van der Waals surface area contributed by atoms with Crippen LogP contribution in [0.2, 0.25) is 5.02 Å². The number of hydrogen-bond donors (Lipinski definition) is 1. The molecular weight excluding hydrogens is 534 g/mol. The van der Waals surface area contributed by atoms with E-state index in [0.29, 0.717) is 10.7 Å². The molecule has 3 aromatic carbocycles. The Labute approximate surface area is 236 Å². The summed E-state index contributed by atoms with van der Waals surface area (Å²) in [5.41, 5.74) is 3.10. The highest BCUT2D eigenvalue weighted by Crippen LogP contribution is 2.26. The Hall–Kier alpha value is -3.36. The molecule has 0 aliphatic rings. The van der Waals surface area contributed by atoms with Crippen LogP contribution in [0.3, 0.4) is 0 Å². The first-order chi connectivity index (χ1) is 18.4. The number of carbonyl (C=O) groups excluding carboxylic acids is 2. The molecule has 0 radical (unpaired) electrons. The number of nitrogens with zero attached hydrogens (tertiary/aromatic N) is 2. The third-order valence-corrected chi connectivity index (χ3v) is 8.65. The normalized spacial score (nSPS) is 12.9. The van der Waals surface area contributed by atoms with Gasteiger partial charge in [-0.05, 0) is 81.6 Å². The predicted molar refractivity (Wildman–Crippen MR) is 156 cm³/mol. The maximum absolute atomic E-state index is 13.9. The average molecular weight is 570 g/mol. The zero-order chi connectivity index (χ0) is 28.7. The number of hydrogen-bond acceptors (Lipinski definition) is 4. The molecule has 0 heterocycles. The molecule has 2 atom stereocenters. The standard InChI is InChI=1S/C30H36ClN3O4S/c1-6-23(4)32-30(36)24(5)33(19-25-12-10-21(2)11-13-25)29(35)20-34(27-9-7-8-22(3)18-27)39(37,38)28-16-14-26(31)15-17-28/h7-18,23-24H,6,19-20H2,1-5H3,(H,32,36). The molecule has 0 saturated carbocycles. The highest BCUT2D eigenvalue weighted by atomic mass is 35.5. The molecule has 0 spiro atoms. The van der Waals surface area contributed by atoms with Crippen LogP contribution in [-0.2, 0) is 26.2 Å². The Balaban J connectivity index is 2.02. The third kappa shape index (κ3) is 7.83. The molecule has 208 valence electrons. The summed E-state index contributed by atoms with van der Waals surface area (Å²) in [6.07, 6.45) is 0.741. The Morgan fingerprint density at radius 1 is 0.923 bits per heavy atom. The molecule has 0 saturated heterocycles. The Morgan fingerprint density at radius 3 is 2.15 bits per heavy atom. The second-order valence-electron chi connectivity index (χ2n) is 9.81. The van der Waals surface area contributed by atoms with Gasteiger partial charge in [0.05, 0.1) is 10.6 Å². The Morgan fingerprint density at radius 2 is 1.56 bits per heavy atom. The first-order valence-electron chi connectivity index (χ1n) is 12.9. The number of halogens is 1. The van der Waals surface area contributed by atoms with Crippen molar-refractivity contribution in [3.05, 3.63) is 94.5 Å². The Kier molecular flexibility index (Phi) is 10.2. The lowest BCUT2D eigenvalue weighted by atomic mass is 10.1. The summed E-state index contributed by atoms with van der Waals surface area (Å²) < 4.78 is 28.8. The van der Waals surface area contributed by atoms with E-state index >= 15 is 0 Å². The number of rotatable bonds is 11. The van der Waals surface area contributed by atoms with Crippen molar-refractivity contribution in [2.45, 2.75) is 64.6 Å². The monoisotopic (exact) mass is 569 g/mol. The SMILES string of the molecule is CCC(C)NC(=O)C(C)N(Cc1ccc(C)cc1)C(=O)CN(c1cccc(C)c1)S(=O)(=O)c1ccc(Cl)cc1. The molecule has 3 rings (SSSR count). The van der Waals surface area contributed by atoms with E-state index in [2.05, 4.69) is 5.32 Å². The summed E-state index contributed by atoms with van der Waals surface area (Å²) >= 11 is 6.00. The second kappa shape index (κ2) is 13.1. The molecule has 3 aromatic rings. The van der Waals surface area contributed by atoms with Crippen molar-refractivity contribution in [2.24, 2.45) is 0 Å². The van der Waals surface area contributed by atoms with Crippen LogP contribution in [0.5, 0.6) is 0 Å². The maximum atomic E-state index is 13.9. The van der Waals surface area contributed by atoms with Crippen LogP contribution < -0.4 is 9.62 Å². The summed E-state index contributed by atoms with van der Waals surface area (Å²) in [4.78, 5) is 28.5. The molecule has 2 amide bonds. The first-order valence-corrected chi connectivity index (χ1v) is 14.7. The van der Waals surface area contributed by atoms with Gasteiger partial charge in [-0.15, -0.1) is 0 Å². The molecule has 0 bridgehead atoms.